The fourth-order valence-electron chi connectivity index (χ4n) is 1.16. The van der Waals surface area contributed by atoms with Crippen molar-refractivity contribution in [1.82, 2.24) is 4.72 Å². The van der Waals surface area contributed by atoms with Crippen LogP contribution in [0.15, 0.2) is 29.2 Å². The molecule has 0 unspecified atom stereocenters. The maximum atomic E-state index is 11.8. The molecule has 16 heavy (non-hydrogen) atoms. The quantitative estimate of drug-likeness (QED) is 0.825. The highest BCUT2D eigenvalue weighted by Crippen LogP contribution is 2.13. The van der Waals surface area contributed by atoms with E-state index in [0.29, 0.717) is 17.4 Å². The molecule has 0 aliphatic carbocycles. The summed E-state index contributed by atoms with van der Waals surface area (Å²) in [7, 11) is -1.57. The van der Waals surface area contributed by atoms with Crippen LogP contribution < -0.4 is 10.0 Å². The third-order valence-electron chi connectivity index (χ3n) is 2.13. The van der Waals surface area contributed by atoms with Crippen molar-refractivity contribution in [2.45, 2.75) is 18.7 Å². The summed E-state index contributed by atoms with van der Waals surface area (Å²) in [6, 6.07) is 6.66. The van der Waals surface area contributed by atoms with Gasteiger partial charge in [-0.25, -0.2) is 13.1 Å². The normalized spacial score (nSPS) is 11.8. The maximum Gasteiger partial charge on any atom is 0.240 e. The van der Waals surface area contributed by atoms with Crippen LogP contribution in [0.4, 0.5) is 5.69 Å². The zero-order chi connectivity index (χ0) is 12.2. The SMILES string of the molecule is CNc1ccc(S(=O)(=O)NCC(C)C)cc1. The molecule has 0 aliphatic heterocycles. The Morgan fingerprint density at radius 2 is 1.75 bits per heavy atom. The summed E-state index contributed by atoms with van der Waals surface area (Å²) in [5.74, 6) is 0.298. The van der Waals surface area contributed by atoms with Crippen LogP contribution >= 0.6 is 0 Å². The summed E-state index contributed by atoms with van der Waals surface area (Å²) in [4.78, 5) is 0.298. The minimum Gasteiger partial charge on any atom is -0.388 e. The zero-order valence-electron chi connectivity index (χ0n) is 9.82. The Labute approximate surface area is 97.1 Å². The van der Waals surface area contributed by atoms with Crippen molar-refractivity contribution in [1.29, 1.82) is 0 Å². The minimum absolute atomic E-state index is 0.298. The van der Waals surface area contributed by atoms with Crippen LogP contribution in [0.5, 0.6) is 0 Å². The molecule has 4 nitrogen and oxygen atoms in total. The van der Waals surface area contributed by atoms with E-state index in [1.54, 1.807) is 31.3 Å². The van der Waals surface area contributed by atoms with Gasteiger partial charge < -0.3 is 5.32 Å². The predicted octanol–water partition coefficient (Wildman–Crippen LogP) is 1.66. The molecule has 2 N–H and O–H groups in total. The highest BCUT2D eigenvalue weighted by molar-refractivity contribution is 7.89. The lowest BCUT2D eigenvalue weighted by atomic mass is 10.2. The first kappa shape index (κ1) is 13.0. The number of hydrogen-bond donors (Lipinski definition) is 2. The van der Waals surface area contributed by atoms with Gasteiger partial charge in [0.15, 0.2) is 0 Å². The minimum atomic E-state index is -3.36. The van der Waals surface area contributed by atoms with Crippen molar-refractivity contribution in [2.75, 3.05) is 18.9 Å². The van der Waals surface area contributed by atoms with Crippen LogP contribution in [-0.2, 0) is 10.0 Å². The molecule has 1 aromatic carbocycles. The Morgan fingerprint density at radius 3 is 2.19 bits per heavy atom. The van der Waals surface area contributed by atoms with Crippen LogP contribution in [0.25, 0.3) is 0 Å². The fraction of sp³-hybridized carbons (Fsp3) is 0.455. The zero-order valence-corrected chi connectivity index (χ0v) is 10.6. The van der Waals surface area contributed by atoms with Crippen LogP contribution in [-0.4, -0.2) is 22.0 Å². The van der Waals surface area contributed by atoms with E-state index < -0.39 is 10.0 Å². The van der Waals surface area contributed by atoms with Gasteiger partial charge in [-0.05, 0) is 30.2 Å². The van der Waals surface area contributed by atoms with Crippen molar-refractivity contribution in [3.8, 4) is 0 Å². The van der Waals surface area contributed by atoms with Gasteiger partial charge >= 0.3 is 0 Å². The van der Waals surface area contributed by atoms with Gasteiger partial charge in [-0.2, -0.15) is 0 Å². The molecule has 0 saturated heterocycles. The molecule has 0 radical (unpaired) electrons. The lowest BCUT2D eigenvalue weighted by molar-refractivity contribution is 0.560. The van der Waals surface area contributed by atoms with Gasteiger partial charge in [0.2, 0.25) is 10.0 Å². The summed E-state index contributed by atoms with van der Waals surface area (Å²) in [6.45, 7) is 4.38. The second-order valence-corrected chi connectivity index (χ2v) is 5.79. The lowest BCUT2D eigenvalue weighted by Gasteiger charge is -2.09. The molecule has 0 aliphatic rings. The van der Waals surface area contributed by atoms with Crippen molar-refractivity contribution < 1.29 is 8.42 Å². The van der Waals surface area contributed by atoms with E-state index >= 15 is 0 Å². The van der Waals surface area contributed by atoms with Crippen molar-refractivity contribution in [2.24, 2.45) is 5.92 Å². The smallest absolute Gasteiger partial charge is 0.240 e. The average molecular weight is 242 g/mol. The highest BCUT2D eigenvalue weighted by Gasteiger charge is 2.13. The highest BCUT2D eigenvalue weighted by atomic mass is 32.2. The third kappa shape index (κ3) is 3.50. The fourth-order valence-corrected chi connectivity index (χ4v) is 2.37. The van der Waals surface area contributed by atoms with E-state index in [4.69, 9.17) is 0 Å². The Balaban J connectivity index is 2.82. The molecule has 0 heterocycles. The second-order valence-electron chi connectivity index (χ2n) is 4.02. The topological polar surface area (TPSA) is 58.2 Å². The molecule has 0 bridgehead atoms. The van der Waals surface area contributed by atoms with Gasteiger partial charge in [0.05, 0.1) is 4.90 Å². The molecule has 0 fully saturated rings. The Morgan fingerprint density at radius 1 is 1.19 bits per heavy atom. The van der Waals surface area contributed by atoms with E-state index in [2.05, 4.69) is 10.0 Å². The van der Waals surface area contributed by atoms with Crippen LogP contribution in [0.2, 0.25) is 0 Å². The number of nitrogens with one attached hydrogen (secondary N) is 2. The predicted molar refractivity (Wildman–Crippen MR) is 66.0 cm³/mol. The van der Waals surface area contributed by atoms with Crippen molar-refractivity contribution >= 4 is 15.7 Å². The molecule has 0 atom stereocenters. The van der Waals surface area contributed by atoms with E-state index in [0.717, 1.165) is 5.69 Å². The third-order valence-corrected chi connectivity index (χ3v) is 3.57. The maximum absolute atomic E-state index is 11.8. The summed E-state index contributed by atoms with van der Waals surface area (Å²) in [6.07, 6.45) is 0. The molecule has 1 rings (SSSR count). The first-order valence-electron chi connectivity index (χ1n) is 5.23. The number of anilines is 1. The van der Waals surface area contributed by atoms with Gasteiger partial charge in [-0.15, -0.1) is 0 Å². The summed E-state index contributed by atoms with van der Waals surface area (Å²) in [5.41, 5.74) is 0.891. The molecule has 0 aromatic heterocycles. The molecular weight excluding hydrogens is 224 g/mol. The van der Waals surface area contributed by atoms with Crippen molar-refractivity contribution in [3.63, 3.8) is 0 Å². The van der Waals surface area contributed by atoms with E-state index in [9.17, 15) is 8.42 Å². The molecule has 0 amide bonds. The largest absolute Gasteiger partial charge is 0.388 e. The van der Waals surface area contributed by atoms with Crippen molar-refractivity contribution in [3.05, 3.63) is 24.3 Å². The second kappa shape index (κ2) is 5.32. The van der Waals surface area contributed by atoms with Gasteiger partial charge in [0.25, 0.3) is 0 Å². The van der Waals surface area contributed by atoms with Crippen LogP contribution in [0.1, 0.15) is 13.8 Å². The first-order chi connectivity index (χ1) is 7.45. The van der Waals surface area contributed by atoms with E-state index in [1.165, 1.54) is 0 Å². The number of sulfonamides is 1. The Kier molecular flexibility index (Phi) is 4.32. The van der Waals surface area contributed by atoms with Gasteiger partial charge in [0, 0.05) is 19.3 Å². The van der Waals surface area contributed by atoms with Crippen LogP contribution in [0, 0.1) is 5.92 Å². The Hall–Kier alpha value is -1.07. The standard InChI is InChI=1S/C11H18N2O2S/c1-9(2)8-13-16(14,15)11-6-4-10(12-3)5-7-11/h4-7,9,12-13H,8H2,1-3H3. The summed E-state index contributed by atoms with van der Waals surface area (Å²) < 4.78 is 26.2. The lowest BCUT2D eigenvalue weighted by Crippen LogP contribution is -2.27. The van der Waals surface area contributed by atoms with Crippen LogP contribution in [0.3, 0.4) is 0 Å². The number of rotatable bonds is 5. The molecule has 1 aromatic rings. The first-order valence-corrected chi connectivity index (χ1v) is 6.71. The van der Waals surface area contributed by atoms with E-state index in [-0.39, 0.29) is 0 Å². The number of benzene rings is 1. The van der Waals surface area contributed by atoms with Gasteiger partial charge in [-0.1, -0.05) is 13.8 Å². The molecule has 0 saturated carbocycles. The summed E-state index contributed by atoms with van der Waals surface area (Å²) >= 11 is 0. The Bertz CT molecular complexity index is 424. The molecular formula is C11H18N2O2S. The molecule has 0 spiro atoms. The molecule has 5 heteroatoms. The molecule has 90 valence electrons. The van der Waals surface area contributed by atoms with Gasteiger partial charge in [-0.3, -0.25) is 0 Å². The summed E-state index contributed by atoms with van der Waals surface area (Å²) in [5, 5.41) is 2.94. The van der Waals surface area contributed by atoms with Gasteiger partial charge in [0.1, 0.15) is 0 Å². The monoisotopic (exact) mass is 242 g/mol. The average Bonchev–Trinajstić information content (AvgIpc) is 2.27. The number of hydrogen-bond acceptors (Lipinski definition) is 3. The van der Waals surface area contributed by atoms with E-state index in [1.807, 2.05) is 13.8 Å².